The number of rotatable bonds is 0. The molecule has 3 heteroatoms. The minimum absolute atomic E-state index is 0. The van der Waals surface area contributed by atoms with Crippen LogP contribution in [-0.2, 0) is 0 Å². The van der Waals surface area contributed by atoms with Crippen molar-refractivity contribution >= 4 is 51.3 Å². The Morgan fingerprint density at radius 3 is 2.22 bits per heavy atom. The van der Waals surface area contributed by atoms with Gasteiger partial charge in [0, 0.05) is 6.04 Å². The SMILES string of the molecule is CC1CCCCN1.I.[PbH2]. The van der Waals surface area contributed by atoms with Gasteiger partial charge in [-0.05, 0) is 26.3 Å². The van der Waals surface area contributed by atoms with Crippen molar-refractivity contribution in [2.24, 2.45) is 0 Å². The van der Waals surface area contributed by atoms with E-state index < -0.39 is 0 Å². The van der Waals surface area contributed by atoms with Crippen LogP contribution in [0, 0.1) is 0 Å². The Balaban J connectivity index is 0. The van der Waals surface area contributed by atoms with Crippen LogP contribution >= 0.6 is 24.0 Å². The third kappa shape index (κ3) is 6.03. The molecule has 0 bridgehead atoms. The Morgan fingerprint density at radius 2 is 2.00 bits per heavy atom. The molecule has 0 aromatic rings. The molecule has 1 rings (SSSR count). The molecule has 9 heavy (non-hydrogen) atoms. The Morgan fingerprint density at radius 1 is 1.33 bits per heavy atom. The van der Waals surface area contributed by atoms with Gasteiger partial charge in [0.2, 0.25) is 0 Å². The summed E-state index contributed by atoms with van der Waals surface area (Å²) in [5, 5.41) is 3.38. The van der Waals surface area contributed by atoms with Gasteiger partial charge in [-0.3, -0.25) is 0 Å². The van der Waals surface area contributed by atoms with Crippen LogP contribution in [-0.4, -0.2) is 39.9 Å². The summed E-state index contributed by atoms with van der Waals surface area (Å²) >= 11 is 0. The van der Waals surface area contributed by atoms with E-state index in [0.29, 0.717) is 0 Å². The zero-order chi connectivity index (χ0) is 5.11. The number of nitrogens with one attached hydrogen (secondary N) is 1. The van der Waals surface area contributed by atoms with Crippen LogP contribution in [0.4, 0.5) is 0 Å². The number of hydrogen-bond donors (Lipinski definition) is 1. The topological polar surface area (TPSA) is 12.0 Å². The molecule has 1 atom stereocenters. The number of hydrogen-bond acceptors (Lipinski definition) is 1. The van der Waals surface area contributed by atoms with E-state index in [0.717, 1.165) is 6.04 Å². The van der Waals surface area contributed by atoms with E-state index in [9.17, 15) is 0 Å². The Labute approximate surface area is 94.5 Å². The normalized spacial score (nSPS) is 25.7. The summed E-state index contributed by atoms with van der Waals surface area (Å²) in [4.78, 5) is 0. The van der Waals surface area contributed by atoms with Crippen molar-refractivity contribution in [3.63, 3.8) is 0 Å². The molecule has 1 saturated heterocycles. The van der Waals surface area contributed by atoms with E-state index in [4.69, 9.17) is 0 Å². The van der Waals surface area contributed by atoms with Gasteiger partial charge in [0.25, 0.3) is 0 Å². The molecule has 1 unspecified atom stereocenters. The van der Waals surface area contributed by atoms with Gasteiger partial charge in [-0.2, -0.15) is 0 Å². The molecular weight excluding hydrogens is 420 g/mol. The molecule has 0 amide bonds. The number of halogens is 1. The van der Waals surface area contributed by atoms with E-state index in [1.54, 1.807) is 0 Å². The van der Waals surface area contributed by atoms with Gasteiger partial charge in [0.15, 0.2) is 0 Å². The fraction of sp³-hybridized carbons (Fsp3) is 1.00. The third-order valence-electron chi connectivity index (χ3n) is 1.56. The zero-order valence-electron chi connectivity index (χ0n) is 6.02. The van der Waals surface area contributed by atoms with Gasteiger partial charge in [0.05, 0.1) is 0 Å². The molecule has 56 valence electrons. The maximum absolute atomic E-state index is 3.38. The van der Waals surface area contributed by atoms with E-state index in [2.05, 4.69) is 12.2 Å². The fourth-order valence-electron chi connectivity index (χ4n) is 1.03. The quantitative estimate of drug-likeness (QED) is 0.439. The van der Waals surface area contributed by atoms with Crippen LogP contribution < -0.4 is 5.32 Å². The van der Waals surface area contributed by atoms with Crippen molar-refractivity contribution < 1.29 is 0 Å². The monoisotopic (exact) mass is 437 g/mol. The van der Waals surface area contributed by atoms with E-state index in [-0.39, 0.29) is 51.3 Å². The average Bonchev–Trinajstić information content (AvgIpc) is 1.69. The summed E-state index contributed by atoms with van der Waals surface area (Å²) in [6, 6.07) is 0.786. The summed E-state index contributed by atoms with van der Waals surface area (Å²) in [5.41, 5.74) is 0. The van der Waals surface area contributed by atoms with Crippen LogP contribution in [0.25, 0.3) is 0 Å². The third-order valence-corrected chi connectivity index (χ3v) is 1.56. The van der Waals surface area contributed by atoms with Crippen molar-refractivity contribution in [1.29, 1.82) is 0 Å². The van der Waals surface area contributed by atoms with E-state index in [1.165, 1.54) is 25.8 Å². The fourth-order valence-corrected chi connectivity index (χ4v) is 1.03. The molecule has 2 radical (unpaired) electrons. The summed E-state index contributed by atoms with van der Waals surface area (Å²) in [6.45, 7) is 3.49. The van der Waals surface area contributed by atoms with Crippen LogP contribution in [0.15, 0.2) is 0 Å². The van der Waals surface area contributed by atoms with Gasteiger partial charge in [0.1, 0.15) is 0 Å². The van der Waals surface area contributed by atoms with Crippen molar-refractivity contribution in [3.8, 4) is 0 Å². The molecule has 1 N–H and O–H groups in total. The van der Waals surface area contributed by atoms with Crippen LogP contribution in [0.1, 0.15) is 26.2 Å². The molecule has 1 aliphatic heterocycles. The Kier molecular flexibility index (Phi) is 11.3. The summed E-state index contributed by atoms with van der Waals surface area (Å²) < 4.78 is 0. The first-order valence-electron chi connectivity index (χ1n) is 3.13. The van der Waals surface area contributed by atoms with Gasteiger partial charge in [-0.15, -0.1) is 24.0 Å². The van der Waals surface area contributed by atoms with E-state index >= 15 is 0 Å². The van der Waals surface area contributed by atoms with Crippen molar-refractivity contribution in [3.05, 3.63) is 0 Å². The van der Waals surface area contributed by atoms with Crippen LogP contribution in [0.5, 0.6) is 0 Å². The molecule has 1 nitrogen and oxygen atoms in total. The predicted molar refractivity (Wildman–Crippen MR) is 55.3 cm³/mol. The molecule has 0 aliphatic carbocycles. The van der Waals surface area contributed by atoms with Crippen molar-refractivity contribution in [1.82, 2.24) is 5.32 Å². The summed E-state index contributed by atoms with van der Waals surface area (Å²) in [5.74, 6) is 0. The second-order valence-corrected chi connectivity index (χ2v) is 2.35. The second kappa shape index (κ2) is 7.72. The van der Waals surface area contributed by atoms with Gasteiger partial charge < -0.3 is 5.32 Å². The van der Waals surface area contributed by atoms with Crippen LogP contribution in [0.3, 0.4) is 0 Å². The molecule has 0 aromatic carbocycles. The van der Waals surface area contributed by atoms with Gasteiger partial charge in [-0.25, -0.2) is 0 Å². The molecular formula is C6H16INPb. The first kappa shape index (κ1) is 13.2. The summed E-state index contributed by atoms with van der Waals surface area (Å²) in [7, 11) is 0. The molecule has 1 heterocycles. The zero-order valence-corrected chi connectivity index (χ0v) is 13.8. The van der Waals surface area contributed by atoms with E-state index in [1.807, 2.05) is 0 Å². The van der Waals surface area contributed by atoms with Crippen molar-refractivity contribution in [2.75, 3.05) is 6.54 Å². The standard InChI is InChI=1S/C6H13N.HI.Pb.2H/c1-6-4-2-3-5-7-6;;;;/h6-7H,2-5H2,1H3;1H;;;. The molecule has 0 aromatic heterocycles. The summed E-state index contributed by atoms with van der Waals surface area (Å²) in [6.07, 6.45) is 4.18. The first-order chi connectivity index (χ1) is 3.39. The van der Waals surface area contributed by atoms with Crippen molar-refractivity contribution in [2.45, 2.75) is 32.2 Å². The van der Waals surface area contributed by atoms with Gasteiger partial charge >= 0.3 is 27.3 Å². The predicted octanol–water partition coefficient (Wildman–Crippen LogP) is 0.850. The Hall–Kier alpha value is 1.61. The average molecular weight is 436 g/mol. The van der Waals surface area contributed by atoms with Gasteiger partial charge in [-0.1, -0.05) is 6.42 Å². The minimum atomic E-state index is 0. The molecule has 1 aliphatic rings. The Bertz CT molecular complexity index is 55.0. The second-order valence-electron chi connectivity index (χ2n) is 2.35. The maximum atomic E-state index is 3.38. The molecule has 0 spiro atoms. The molecule has 0 saturated carbocycles. The number of piperidine rings is 1. The molecule has 1 fully saturated rings. The van der Waals surface area contributed by atoms with Crippen LogP contribution in [0.2, 0.25) is 0 Å². The first-order valence-corrected chi connectivity index (χ1v) is 3.13.